The normalized spacial score (nSPS) is 24.6. The maximum atomic E-state index is 5.83. The minimum atomic E-state index is 0.654. The molecule has 1 aromatic carbocycles. The Balaban J connectivity index is 1.91. The van der Waals surface area contributed by atoms with Crippen molar-refractivity contribution in [2.24, 2.45) is 5.92 Å². The van der Waals surface area contributed by atoms with Crippen LogP contribution in [0.5, 0.6) is 0 Å². The second-order valence-corrected chi connectivity index (χ2v) is 5.34. The lowest BCUT2D eigenvalue weighted by Gasteiger charge is -2.29. The molecule has 3 N–H and O–H groups in total. The first-order chi connectivity index (χ1) is 8.19. The summed E-state index contributed by atoms with van der Waals surface area (Å²) in [6.45, 7) is 4.37. The molecule has 1 aliphatic rings. The van der Waals surface area contributed by atoms with Gasteiger partial charge in [-0.3, -0.25) is 0 Å². The highest BCUT2D eigenvalue weighted by Gasteiger charge is 2.19. The second kappa shape index (κ2) is 5.44. The summed E-state index contributed by atoms with van der Waals surface area (Å²) < 4.78 is 0. The lowest BCUT2D eigenvalue weighted by molar-refractivity contribution is 0.330. The number of rotatable bonds is 3. The molecule has 0 amide bonds. The van der Waals surface area contributed by atoms with Gasteiger partial charge in [0.2, 0.25) is 0 Å². The molecule has 1 fully saturated rings. The van der Waals surface area contributed by atoms with Crippen LogP contribution < -0.4 is 11.1 Å². The third-order valence-corrected chi connectivity index (χ3v) is 4.06. The number of benzene rings is 1. The highest BCUT2D eigenvalue weighted by atomic mass is 14.9. The van der Waals surface area contributed by atoms with Crippen LogP contribution in [0, 0.1) is 12.8 Å². The third-order valence-electron chi connectivity index (χ3n) is 4.06. The van der Waals surface area contributed by atoms with Crippen LogP contribution in [0.1, 0.15) is 44.6 Å². The molecule has 0 spiro atoms. The fourth-order valence-electron chi connectivity index (χ4n) is 2.72. The van der Waals surface area contributed by atoms with Gasteiger partial charge in [-0.25, -0.2) is 0 Å². The highest BCUT2D eigenvalue weighted by molar-refractivity contribution is 5.57. The second-order valence-electron chi connectivity index (χ2n) is 5.34. The first kappa shape index (κ1) is 12.3. The van der Waals surface area contributed by atoms with Gasteiger partial charge in [-0.15, -0.1) is 0 Å². The van der Waals surface area contributed by atoms with E-state index in [1.807, 2.05) is 6.07 Å². The van der Waals surface area contributed by atoms with Gasteiger partial charge in [-0.2, -0.15) is 0 Å². The molecule has 0 saturated heterocycles. The average Bonchev–Trinajstić information content (AvgIpc) is 2.35. The van der Waals surface area contributed by atoms with Crippen molar-refractivity contribution in [1.82, 2.24) is 0 Å². The quantitative estimate of drug-likeness (QED) is 0.774. The van der Waals surface area contributed by atoms with Crippen LogP contribution in [0.2, 0.25) is 0 Å². The van der Waals surface area contributed by atoms with Gasteiger partial charge in [0.25, 0.3) is 0 Å². The van der Waals surface area contributed by atoms with Crippen molar-refractivity contribution in [2.75, 3.05) is 11.1 Å². The van der Waals surface area contributed by atoms with Gasteiger partial charge < -0.3 is 11.1 Å². The van der Waals surface area contributed by atoms with E-state index < -0.39 is 0 Å². The van der Waals surface area contributed by atoms with Gasteiger partial charge in [-0.1, -0.05) is 13.3 Å². The Morgan fingerprint density at radius 1 is 1.24 bits per heavy atom. The Morgan fingerprint density at radius 2 is 1.94 bits per heavy atom. The van der Waals surface area contributed by atoms with E-state index in [4.69, 9.17) is 5.73 Å². The minimum absolute atomic E-state index is 0.654. The Morgan fingerprint density at radius 3 is 2.53 bits per heavy atom. The summed E-state index contributed by atoms with van der Waals surface area (Å²) in [7, 11) is 0. The molecule has 0 unspecified atom stereocenters. The molecule has 94 valence electrons. The predicted molar refractivity (Wildman–Crippen MR) is 75.3 cm³/mol. The van der Waals surface area contributed by atoms with Crippen LogP contribution >= 0.6 is 0 Å². The molecule has 0 bridgehead atoms. The number of hydrogen-bond donors (Lipinski definition) is 2. The Bertz CT molecular complexity index is 365. The monoisotopic (exact) mass is 232 g/mol. The fraction of sp³-hybridized carbons (Fsp3) is 0.600. The number of hydrogen-bond acceptors (Lipinski definition) is 2. The molecule has 17 heavy (non-hydrogen) atoms. The predicted octanol–water partition coefficient (Wildman–Crippen LogP) is 3.96. The first-order valence-corrected chi connectivity index (χ1v) is 6.81. The molecular weight excluding hydrogens is 208 g/mol. The van der Waals surface area contributed by atoms with Gasteiger partial charge >= 0.3 is 0 Å². The number of aryl methyl sites for hydroxylation is 1. The van der Waals surface area contributed by atoms with Crippen LogP contribution in [0.15, 0.2) is 18.2 Å². The Labute approximate surface area is 105 Å². The molecule has 2 heteroatoms. The van der Waals surface area contributed by atoms with Gasteiger partial charge in [0, 0.05) is 17.4 Å². The molecule has 2 rings (SSSR count). The summed E-state index contributed by atoms with van der Waals surface area (Å²) >= 11 is 0. The molecule has 0 radical (unpaired) electrons. The highest BCUT2D eigenvalue weighted by Crippen LogP contribution is 2.29. The molecular formula is C15H24N2. The summed E-state index contributed by atoms with van der Waals surface area (Å²) in [5.41, 5.74) is 9.09. The third kappa shape index (κ3) is 3.15. The summed E-state index contributed by atoms with van der Waals surface area (Å²) in [6, 6.07) is 6.89. The number of nitrogens with one attached hydrogen (secondary N) is 1. The van der Waals surface area contributed by atoms with Crippen molar-refractivity contribution in [1.29, 1.82) is 0 Å². The molecule has 1 aromatic rings. The van der Waals surface area contributed by atoms with Gasteiger partial charge in [-0.05, 0) is 62.3 Å². The van der Waals surface area contributed by atoms with E-state index in [-0.39, 0.29) is 0 Å². The van der Waals surface area contributed by atoms with Gasteiger partial charge in [0.1, 0.15) is 0 Å². The molecule has 1 saturated carbocycles. The fourth-order valence-corrected chi connectivity index (χ4v) is 2.72. The van der Waals surface area contributed by atoms with Crippen LogP contribution in [-0.4, -0.2) is 6.04 Å². The largest absolute Gasteiger partial charge is 0.399 e. The van der Waals surface area contributed by atoms with Crippen LogP contribution in [0.4, 0.5) is 11.4 Å². The van der Waals surface area contributed by atoms with Gasteiger partial charge in [0.05, 0.1) is 0 Å². The van der Waals surface area contributed by atoms with E-state index in [0.717, 1.165) is 17.2 Å². The number of nitrogen functional groups attached to an aromatic ring is 1. The van der Waals surface area contributed by atoms with Crippen molar-refractivity contribution in [3.8, 4) is 0 Å². The zero-order chi connectivity index (χ0) is 12.3. The zero-order valence-corrected chi connectivity index (χ0v) is 11.0. The maximum Gasteiger partial charge on any atom is 0.0346 e. The first-order valence-electron chi connectivity index (χ1n) is 6.81. The Kier molecular flexibility index (Phi) is 3.93. The summed E-state index contributed by atoms with van der Waals surface area (Å²) in [4.78, 5) is 0. The van der Waals surface area contributed by atoms with Crippen molar-refractivity contribution in [2.45, 2.75) is 52.0 Å². The van der Waals surface area contributed by atoms with E-state index in [1.165, 1.54) is 37.8 Å². The molecule has 0 aromatic heterocycles. The number of nitrogens with two attached hydrogens (primary N) is 1. The van der Waals surface area contributed by atoms with Crippen molar-refractivity contribution in [3.05, 3.63) is 23.8 Å². The van der Waals surface area contributed by atoms with Crippen molar-refractivity contribution >= 4 is 11.4 Å². The molecule has 0 aliphatic heterocycles. The summed E-state index contributed by atoms with van der Waals surface area (Å²) in [5.74, 6) is 0.959. The smallest absolute Gasteiger partial charge is 0.0346 e. The SMILES string of the molecule is CCC1CCC(Nc2ccc(N)c(C)c2)CC1. The molecule has 0 atom stereocenters. The van der Waals surface area contributed by atoms with E-state index in [2.05, 4.69) is 31.3 Å². The molecule has 1 aliphatic carbocycles. The lowest BCUT2D eigenvalue weighted by atomic mass is 9.84. The standard InChI is InChI=1S/C15H24N2/c1-3-12-4-6-13(7-5-12)17-14-8-9-15(16)11(2)10-14/h8-10,12-13,17H,3-7,16H2,1-2H3. The van der Waals surface area contributed by atoms with E-state index >= 15 is 0 Å². The van der Waals surface area contributed by atoms with E-state index in [1.54, 1.807) is 0 Å². The van der Waals surface area contributed by atoms with Crippen LogP contribution in [-0.2, 0) is 0 Å². The van der Waals surface area contributed by atoms with Crippen molar-refractivity contribution in [3.63, 3.8) is 0 Å². The lowest BCUT2D eigenvalue weighted by Crippen LogP contribution is -2.25. The summed E-state index contributed by atoms with van der Waals surface area (Å²) in [5, 5.41) is 3.64. The van der Waals surface area contributed by atoms with Crippen LogP contribution in [0.25, 0.3) is 0 Å². The molecule has 2 nitrogen and oxygen atoms in total. The average molecular weight is 232 g/mol. The Hall–Kier alpha value is -1.18. The van der Waals surface area contributed by atoms with Crippen molar-refractivity contribution < 1.29 is 0 Å². The van der Waals surface area contributed by atoms with Crippen LogP contribution in [0.3, 0.4) is 0 Å². The topological polar surface area (TPSA) is 38.0 Å². The maximum absolute atomic E-state index is 5.83. The van der Waals surface area contributed by atoms with E-state index in [9.17, 15) is 0 Å². The van der Waals surface area contributed by atoms with Gasteiger partial charge in [0.15, 0.2) is 0 Å². The number of anilines is 2. The van der Waals surface area contributed by atoms with E-state index in [0.29, 0.717) is 6.04 Å². The zero-order valence-electron chi connectivity index (χ0n) is 11.0. The minimum Gasteiger partial charge on any atom is -0.399 e. The molecule has 0 heterocycles. The summed E-state index contributed by atoms with van der Waals surface area (Å²) in [6.07, 6.45) is 6.71.